The molecule has 2 rings (SSSR count). The predicted octanol–water partition coefficient (Wildman–Crippen LogP) is 2.85. The number of hydrogen-bond donors (Lipinski definition) is 2. The van der Waals surface area contributed by atoms with E-state index >= 15 is 0 Å². The molecule has 2 N–H and O–H groups in total. The zero-order valence-corrected chi connectivity index (χ0v) is 10.5. The van der Waals surface area contributed by atoms with Crippen LogP contribution in [-0.4, -0.2) is 15.2 Å². The van der Waals surface area contributed by atoms with Crippen molar-refractivity contribution < 1.29 is 0 Å². The average Bonchev–Trinajstić information content (AvgIpc) is 2.71. The third-order valence-corrected chi connectivity index (χ3v) is 3.00. The number of nitrogens with zero attached hydrogens (tertiary/aromatic N) is 2. The van der Waals surface area contributed by atoms with Crippen LogP contribution in [0.5, 0.6) is 0 Å². The van der Waals surface area contributed by atoms with E-state index in [1.165, 1.54) is 11.3 Å². The van der Waals surface area contributed by atoms with Gasteiger partial charge in [-0.05, 0) is 31.9 Å². The molecule has 0 aliphatic carbocycles. The maximum atomic E-state index is 4.30. The van der Waals surface area contributed by atoms with Crippen LogP contribution in [0.2, 0.25) is 0 Å². The summed E-state index contributed by atoms with van der Waals surface area (Å²) in [6.45, 7) is 6.31. The quantitative estimate of drug-likeness (QED) is 0.849. The lowest BCUT2D eigenvalue weighted by Crippen LogP contribution is -2.08. The molecule has 0 amide bonds. The van der Waals surface area contributed by atoms with E-state index in [0.29, 0.717) is 0 Å². The molecule has 90 valence electrons. The third-order valence-electron chi connectivity index (χ3n) is 3.00. The van der Waals surface area contributed by atoms with Gasteiger partial charge in [0.2, 0.25) is 0 Å². The van der Waals surface area contributed by atoms with Gasteiger partial charge in [0, 0.05) is 23.7 Å². The van der Waals surface area contributed by atoms with Crippen LogP contribution in [0.4, 0.5) is 5.82 Å². The Kier molecular flexibility index (Phi) is 3.42. The van der Waals surface area contributed by atoms with Gasteiger partial charge in [-0.25, -0.2) is 0 Å². The number of H-pyrrole nitrogens is 1. The molecule has 2 heterocycles. The van der Waals surface area contributed by atoms with E-state index in [9.17, 15) is 0 Å². The Labute approximate surface area is 101 Å². The van der Waals surface area contributed by atoms with Gasteiger partial charge in [0.15, 0.2) is 5.82 Å². The van der Waals surface area contributed by atoms with Crippen LogP contribution >= 0.6 is 0 Å². The Balaban J connectivity index is 2.13. The summed E-state index contributed by atoms with van der Waals surface area (Å²) in [5, 5.41) is 10.7. The van der Waals surface area contributed by atoms with Crippen molar-refractivity contribution in [1.82, 2.24) is 15.2 Å². The highest BCUT2D eigenvalue weighted by Crippen LogP contribution is 2.21. The summed E-state index contributed by atoms with van der Waals surface area (Å²) >= 11 is 0. The molecule has 4 heteroatoms. The number of hydrogen-bond acceptors (Lipinski definition) is 3. The highest BCUT2D eigenvalue weighted by Gasteiger charge is 2.11. The fourth-order valence-electron chi connectivity index (χ4n) is 1.84. The average molecular weight is 230 g/mol. The number of pyridine rings is 1. The smallest absolute Gasteiger partial charge is 0.151 e. The van der Waals surface area contributed by atoms with Crippen LogP contribution in [0, 0.1) is 6.92 Å². The Hall–Kier alpha value is -1.84. The molecule has 0 spiro atoms. The minimum Gasteiger partial charge on any atom is -0.362 e. The van der Waals surface area contributed by atoms with Gasteiger partial charge >= 0.3 is 0 Å². The number of aryl methyl sites for hydroxylation is 1. The first kappa shape index (κ1) is 11.6. The van der Waals surface area contributed by atoms with Gasteiger partial charge in [-0.15, -0.1) is 0 Å². The summed E-state index contributed by atoms with van der Waals surface area (Å²) < 4.78 is 0. The number of aromatic amines is 1. The SMILES string of the molecule is CCc1[nH]nc(N[C@H](C)c2cccnc2)c1C. The summed E-state index contributed by atoms with van der Waals surface area (Å²) in [6.07, 6.45) is 4.63. The van der Waals surface area contributed by atoms with E-state index in [0.717, 1.165) is 17.8 Å². The highest BCUT2D eigenvalue weighted by atomic mass is 15.2. The molecule has 0 saturated carbocycles. The first-order valence-corrected chi connectivity index (χ1v) is 5.92. The topological polar surface area (TPSA) is 53.6 Å². The van der Waals surface area contributed by atoms with Crippen molar-refractivity contribution in [2.75, 3.05) is 5.32 Å². The molecule has 0 aliphatic rings. The van der Waals surface area contributed by atoms with Crippen LogP contribution in [0.15, 0.2) is 24.5 Å². The molecule has 2 aromatic rings. The third kappa shape index (κ3) is 2.46. The fourth-order valence-corrected chi connectivity index (χ4v) is 1.84. The Morgan fingerprint density at radius 1 is 1.47 bits per heavy atom. The lowest BCUT2D eigenvalue weighted by atomic mass is 10.1. The fraction of sp³-hybridized carbons (Fsp3) is 0.385. The highest BCUT2D eigenvalue weighted by molar-refractivity contribution is 5.47. The zero-order chi connectivity index (χ0) is 12.3. The van der Waals surface area contributed by atoms with E-state index in [2.05, 4.69) is 47.3 Å². The monoisotopic (exact) mass is 230 g/mol. The summed E-state index contributed by atoms with van der Waals surface area (Å²) in [5.41, 5.74) is 3.54. The predicted molar refractivity (Wildman–Crippen MR) is 69.0 cm³/mol. The van der Waals surface area contributed by atoms with Gasteiger partial charge in [0.1, 0.15) is 0 Å². The molecule has 2 aromatic heterocycles. The number of rotatable bonds is 4. The molecular weight excluding hydrogens is 212 g/mol. The van der Waals surface area contributed by atoms with Crippen LogP contribution in [0.1, 0.15) is 36.7 Å². The first-order valence-electron chi connectivity index (χ1n) is 5.92. The second-order valence-corrected chi connectivity index (χ2v) is 4.18. The molecule has 0 aromatic carbocycles. The van der Waals surface area contributed by atoms with Gasteiger partial charge in [-0.1, -0.05) is 13.0 Å². The lowest BCUT2D eigenvalue weighted by Gasteiger charge is -2.13. The van der Waals surface area contributed by atoms with Crippen molar-refractivity contribution in [2.45, 2.75) is 33.2 Å². The van der Waals surface area contributed by atoms with Crippen LogP contribution in [0.3, 0.4) is 0 Å². The number of aromatic nitrogens is 3. The van der Waals surface area contributed by atoms with Crippen molar-refractivity contribution in [1.29, 1.82) is 0 Å². The minimum atomic E-state index is 0.204. The van der Waals surface area contributed by atoms with E-state index in [1.807, 2.05) is 12.3 Å². The molecule has 17 heavy (non-hydrogen) atoms. The molecular formula is C13H18N4. The van der Waals surface area contributed by atoms with Crippen molar-refractivity contribution >= 4 is 5.82 Å². The van der Waals surface area contributed by atoms with Gasteiger partial charge in [0.05, 0.1) is 6.04 Å². The second kappa shape index (κ2) is 4.99. The maximum Gasteiger partial charge on any atom is 0.151 e. The Morgan fingerprint density at radius 2 is 2.29 bits per heavy atom. The van der Waals surface area contributed by atoms with Crippen molar-refractivity contribution in [3.05, 3.63) is 41.3 Å². The van der Waals surface area contributed by atoms with Gasteiger partial charge < -0.3 is 5.32 Å². The van der Waals surface area contributed by atoms with Gasteiger partial charge in [0.25, 0.3) is 0 Å². The summed E-state index contributed by atoms with van der Waals surface area (Å²) in [7, 11) is 0. The van der Waals surface area contributed by atoms with Crippen LogP contribution in [-0.2, 0) is 6.42 Å². The van der Waals surface area contributed by atoms with Gasteiger partial charge in [-0.2, -0.15) is 5.10 Å². The van der Waals surface area contributed by atoms with Crippen molar-refractivity contribution in [2.24, 2.45) is 0 Å². The molecule has 4 nitrogen and oxygen atoms in total. The molecule has 0 aliphatic heterocycles. The van der Waals surface area contributed by atoms with E-state index in [1.54, 1.807) is 6.20 Å². The molecule has 0 bridgehead atoms. The molecule has 1 atom stereocenters. The van der Waals surface area contributed by atoms with Crippen LogP contribution < -0.4 is 5.32 Å². The standard InChI is InChI=1S/C13H18N4/c1-4-12-9(2)13(17-16-12)15-10(3)11-6-5-7-14-8-11/h5-8,10H,4H2,1-3H3,(H2,15,16,17)/t10-/m1/s1. The molecule has 0 radical (unpaired) electrons. The zero-order valence-electron chi connectivity index (χ0n) is 10.5. The van der Waals surface area contributed by atoms with Crippen molar-refractivity contribution in [3.63, 3.8) is 0 Å². The van der Waals surface area contributed by atoms with E-state index in [4.69, 9.17) is 0 Å². The maximum absolute atomic E-state index is 4.30. The summed E-state index contributed by atoms with van der Waals surface area (Å²) in [6, 6.07) is 4.21. The molecule has 0 fully saturated rings. The van der Waals surface area contributed by atoms with E-state index < -0.39 is 0 Å². The Bertz CT molecular complexity index is 475. The summed E-state index contributed by atoms with van der Waals surface area (Å²) in [4.78, 5) is 4.12. The number of anilines is 1. The normalized spacial score (nSPS) is 12.4. The molecule has 0 unspecified atom stereocenters. The van der Waals surface area contributed by atoms with E-state index in [-0.39, 0.29) is 6.04 Å². The lowest BCUT2D eigenvalue weighted by molar-refractivity contribution is 0.860. The van der Waals surface area contributed by atoms with Gasteiger partial charge in [-0.3, -0.25) is 10.1 Å². The number of nitrogens with one attached hydrogen (secondary N) is 2. The minimum absolute atomic E-state index is 0.204. The van der Waals surface area contributed by atoms with Crippen molar-refractivity contribution in [3.8, 4) is 0 Å². The second-order valence-electron chi connectivity index (χ2n) is 4.18. The first-order chi connectivity index (χ1) is 8.22. The van der Waals surface area contributed by atoms with Crippen LogP contribution in [0.25, 0.3) is 0 Å². The Morgan fingerprint density at radius 3 is 2.88 bits per heavy atom. The largest absolute Gasteiger partial charge is 0.362 e. The molecule has 0 saturated heterocycles. The summed E-state index contributed by atoms with van der Waals surface area (Å²) in [5.74, 6) is 0.929.